The fourth-order valence-corrected chi connectivity index (χ4v) is 1.30. The molecule has 2 rings (SSSR count). The molecular weight excluding hydrogens is 174 g/mol. The molecule has 0 fully saturated rings. The minimum absolute atomic E-state index is 0.746. The lowest BCUT2D eigenvalue weighted by atomic mass is 10.2. The Bertz CT molecular complexity index is 452. The van der Waals surface area contributed by atoms with Crippen molar-refractivity contribution in [3.63, 3.8) is 0 Å². The molecule has 14 heavy (non-hydrogen) atoms. The average molecular weight is 185 g/mol. The zero-order valence-corrected chi connectivity index (χ0v) is 8.23. The van der Waals surface area contributed by atoms with Crippen LogP contribution in [0.15, 0.2) is 30.6 Å². The molecule has 0 saturated carbocycles. The molecule has 0 radical (unpaired) electrons. The Hall–Kier alpha value is -1.77. The topological polar surface area (TPSA) is 38.7 Å². The van der Waals surface area contributed by atoms with Crippen molar-refractivity contribution in [1.29, 1.82) is 0 Å². The first-order chi connectivity index (χ1) is 6.77. The Morgan fingerprint density at radius 2 is 1.86 bits per heavy atom. The molecule has 0 unspecified atom stereocenters. The van der Waals surface area contributed by atoms with Gasteiger partial charge in [-0.2, -0.15) is 0 Å². The maximum absolute atomic E-state index is 4.35. The number of rotatable bonds is 1. The van der Waals surface area contributed by atoms with Crippen LogP contribution in [0.25, 0.3) is 11.4 Å². The highest BCUT2D eigenvalue weighted by atomic mass is 14.9. The zero-order valence-electron chi connectivity index (χ0n) is 8.23. The maximum Gasteiger partial charge on any atom is 0.161 e. The summed E-state index contributed by atoms with van der Waals surface area (Å²) in [6.07, 6.45) is 3.54. The van der Waals surface area contributed by atoms with Crippen LogP contribution in [0, 0.1) is 13.8 Å². The smallest absolute Gasteiger partial charge is 0.161 e. The Labute approximate surface area is 82.9 Å². The van der Waals surface area contributed by atoms with Crippen LogP contribution < -0.4 is 0 Å². The quantitative estimate of drug-likeness (QED) is 0.683. The van der Waals surface area contributed by atoms with Crippen LogP contribution >= 0.6 is 0 Å². The lowest BCUT2D eigenvalue weighted by molar-refractivity contribution is 1.09. The predicted octanol–water partition coefficient (Wildman–Crippen LogP) is 2.16. The molecule has 2 heterocycles. The number of hydrogen-bond donors (Lipinski definition) is 0. The molecule has 0 atom stereocenters. The summed E-state index contributed by atoms with van der Waals surface area (Å²) in [5.74, 6) is 0.746. The fourth-order valence-electron chi connectivity index (χ4n) is 1.30. The first kappa shape index (κ1) is 8.81. The van der Waals surface area contributed by atoms with Crippen LogP contribution in [0.2, 0.25) is 0 Å². The predicted molar refractivity (Wildman–Crippen MR) is 54.7 cm³/mol. The number of aromatic nitrogens is 3. The molecule has 0 aromatic carbocycles. The molecule has 3 nitrogen and oxygen atoms in total. The highest BCUT2D eigenvalue weighted by Gasteiger charge is 2.04. The summed E-state index contributed by atoms with van der Waals surface area (Å²) in [4.78, 5) is 12.8. The largest absolute Gasteiger partial charge is 0.261 e. The Balaban J connectivity index is 2.55. The van der Waals surface area contributed by atoms with Crippen molar-refractivity contribution in [2.45, 2.75) is 13.8 Å². The van der Waals surface area contributed by atoms with Gasteiger partial charge < -0.3 is 0 Å². The summed E-state index contributed by atoms with van der Waals surface area (Å²) < 4.78 is 0. The molecule has 0 aliphatic heterocycles. The van der Waals surface area contributed by atoms with Crippen molar-refractivity contribution in [3.8, 4) is 11.4 Å². The van der Waals surface area contributed by atoms with E-state index in [0.717, 1.165) is 22.8 Å². The molecule has 2 aromatic heterocycles. The molecule has 0 aliphatic rings. The van der Waals surface area contributed by atoms with Gasteiger partial charge in [0.15, 0.2) is 5.82 Å². The lowest BCUT2D eigenvalue weighted by Crippen LogP contribution is -1.93. The molecule has 70 valence electrons. The summed E-state index contributed by atoms with van der Waals surface area (Å²) >= 11 is 0. The van der Waals surface area contributed by atoms with Gasteiger partial charge in [0.2, 0.25) is 0 Å². The van der Waals surface area contributed by atoms with E-state index in [0.29, 0.717) is 0 Å². The Morgan fingerprint density at radius 1 is 1.00 bits per heavy atom. The average Bonchev–Trinajstić information content (AvgIpc) is 2.18. The first-order valence-electron chi connectivity index (χ1n) is 4.49. The minimum atomic E-state index is 0.746. The van der Waals surface area contributed by atoms with E-state index in [-0.39, 0.29) is 0 Å². The van der Waals surface area contributed by atoms with Gasteiger partial charge in [-0.15, -0.1) is 0 Å². The fraction of sp³-hybridized carbons (Fsp3) is 0.182. The summed E-state index contributed by atoms with van der Waals surface area (Å²) in [7, 11) is 0. The number of hydrogen-bond acceptors (Lipinski definition) is 3. The van der Waals surface area contributed by atoms with Crippen LogP contribution in [0.3, 0.4) is 0 Å². The van der Waals surface area contributed by atoms with E-state index < -0.39 is 0 Å². The van der Waals surface area contributed by atoms with E-state index in [1.54, 1.807) is 12.4 Å². The van der Waals surface area contributed by atoms with Gasteiger partial charge in [0.25, 0.3) is 0 Å². The van der Waals surface area contributed by atoms with Gasteiger partial charge in [-0.3, -0.25) is 4.98 Å². The van der Waals surface area contributed by atoms with Crippen LogP contribution in [0.5, 0.6) is 0 Å². The standard InChI is InChI=1S/C11H11N3/c1-8-5-7-13-11(14-8)10-4-3-6-12-9(10)2/h3-7H,1-2H3. The summed E-state index contributed by atoms with van der Waals surface area (Å²) in [5, 5.41) is 0. The van der Waals surface area contributed by atoms with Crippen molar-refractivity contribution >= 4 is 0 Å². The Morgan fingerprint density at radius 3 is 2.57 bits per heavy atom. The number of nitrogens with zero attached hydrogens (tertiary/aromatic N) is 3. The molecule has 0 aliphatic carbocycles. The van der Waals surface area contributed by atoms with Gasteiger partial charge in [0, 0.05) is 29.3 Å². The van der Waals surface area contributed by atoms with Gasteiger partial charge >= 0.3 is 0 Å². The van der Waals surface area contributed by atoms with E-state index >= 15 is 0 Å². The second-order valence-electron chi connectivity index (χ2n) is 3.16. The minimum Gasteiger partial charge on any atom is -0.261 e. The second kappa shape index (κ2) is 3.54. The van der Waals surface area contributed by atoms with Gasteiger partial charge in [0.05, 0.1) is 0 Å². The number of pyridine rings is 1. The van der Waals surface area contributed by atoms with E-state index in [1.165, 1.54) is 0 Å². The third kappa shape index (κ3) is 1.62. The first-order valence-corrected chi connectivity index (χ1v) is 4.49. The lowest BCUT2D eigenvalue weighted by Gasteiger charge is -2.02. The molecule has 0 amide bonds. The van der Waals surface area contributed by atoms with Crippen LogP contribution in [-0.4, -0.2) is 15.0 Å². The maximum atomic E-state index is 4.35. The summed E-state index contributed by atoms with van der Waals surface area (Å²) in [6.45, 7) is 3.91. The highest BCUT2D eigenvalue weighted by molar-refractivity contribution is 5.57. The van der Waals surface area contributed by atoms with Gasteiger partial charge in [0.1, 0.15) is 0 Å². The number of aryl methyl sites for hydroxylation is 2. The summed E-state index contributed by atoms with van der Waals surface area (Å²) in [6, 6.07) is 5.76. The van der Waals surface area contributed by atoms with Crippen molar-refractivity contribution in [2.75, 3.05) is 0 Å². The molecule has 0 bridgehead atoms. The van der Waals surface area contributed by atoms with E-state index in [4.69, 9.17) is 0 Å². The highest BCUT2D eigenvalue weighted by Crippen LogP contribution is 2.16. The van der Waals surface area contributed by atoms with Crippen molar-refractivity contribution in [3.05, 3.63) is 42.0 Å². The van der Waals surface area contributed by atoms with Gasteiger partial charge in [-0.1, -0.05) is 0 Å². The van der Waals surface area contributed by atoms with Crippen LogP contribution in [0.4, 0.5) is 0 Å². The SMILES string of the molecule is Cc1ccnc(-c2cccnc2C)n1. The molecular formula is C11H11N3. The third-order valence-corrected chi connectivity index (χ3v) is 2.04. The van der Waals surface area contributed by atoms with Crippen LogP contribution in [0.1, 0.15) is 11.4 Å². The van der Waals surface area contributed by atoms with Gasteiger partial charge in [-0.05, 0) is 32.0 Å². The van der Waals surface area contributed by atoms with Crippen molar-refractivity contribution < 1.29 is 0 Å². The third-order valence-electron chi connectivity index (χ3n) is 2.04. The van der Waals surface area contributed by atoms with Crippen LogP contribution in [-0.2, 0) is 0 Å². The molecule has 3 heteroatoms. The normalized spacial score (nSPS) is 10.1. The van der Waals surface area contributed by atoms with Crippen molar-refractivity contribution in [1.82, 2.24) is 15.0 Å². The van der Waals surface area contributed by atoms with Crippen molar-refractivity contribution in [2.24, 2.45) is 0 Å². The molecule has 0 spiro atoms. The van der Waals surface area contributed by atoms with E-state index in [1.807, 2.05) is 32.0 Å². The summed E-state index contributed by atoms with van der Waals surface area (Å²) in [5.41, 5.74) is 2.92. The Kier molecular flexibility index (Phi) is 2.23. The van der Waals surface area contributed by atoms with E-state index in [9.17, 15) is 0 Å². The monoisotopic (exact) mass is 185 g/mol. The second-order valence-corrected chi connectivity index (χ2v) is 3.16. The molecule has 0 saturated heterocycles. The molecule has 2 aromatic rings. The zero-order chi connectivity index (χ0) is 9.97. The van der Waals surface area contributed by atoms with Gasteiger partial charge in [-0.25, -0.2) is 9.97 Å². The molecule has 0 N–H and O–H groups in total. The van der Waals surface area contributed by atoms with E-state index in [2.05, 4.69) is 15.0 Å².